The zero-order valence-corrected chi connectivity index (χ0v) is 11.2. The molecule has 1 aromatic heterocycles. The molecule has 0 aliphatic heterocycles. The van der Waals surface area contributed by atoms with Crippen molar-refractivity contribution in [3.05, 3.63) is 34.5 Å². The van der Waals surface area contributed by atoms with Gasteiger partial charge in [0.1, 0.15) is 12.4 Å². The summed E-state index contributed by atoms with van der Waals surface area (Å²) in [6.07, 6.45) is 0.742. The fourth-order valence-electron chi connectivity index (χ4n) is 1.15. The number of pyridine rings is 1. The molecule has 1 heterocycles. The summed E-state index contributed by atoms with van der Waals surface area (Å²) in [6.45, 7) is 5.02. The normalized spacial score (nSPS) is 9.67. The Morgan fingerprint density at radius 2 is 2.33 bits per heavy atom. The summed E-state index contributed by atoms with van der Waals surface area (Å²) in [5.41, 5.74) is 0.358. The number of carbonyl (C=O) groups excluding carboxylic acids is 1. The molecule has 0 radical (unpaired) electrons. The number of aryl methyl sites for hydroxylation is 1. The van der Waals surface area contributed by atoms with E-state index in [0.717, 1.165) is 0 Å². The topological polar surface area (TPSA) is 88.5 Å². The summed E-state index contributed by atoms with van der Waals surface area (Å²) in [6, 6.07) is 1.37. The maximum atomic E-state index is 11.3. The van der Waals surface area contributed by atoms with Crippen LogP contribution in [-0.2, 0) is 4.74 Å². The molecule has 0 unspecified atom stereocenters. The largest absolute Gasteiger partial charge is 0.478 e. The molecule has 0 aliphatic carbocycles. The van der Waals surface area contributed by atoms with Crippen molar-refractivity contribution in [2.45, 2.75) is 6.92 Å². The van der Waals surface area contributed by atoms with E-state index < -0.39 is 12.1 Å². The average Bonchev–Trinajstić information content (AvgIpc) is 2.30. The number of hydrogen-bond acceptors (Lipinski definition) is 4. The van der Waals surface area contributed by atoms with Crippen LogP contribution in [0.1, 0.15) is 16.1 Å². The highest BCUT2D eigenvalue weighted by Crippen LogP contribution is 2.23. The van der Waals surface area contributed by atoms with Crippen molar-refractivity contribution >= 4 is 33.8 Å². The molecule has 7 heteroatoms. The van der Waals surface area contributed by atoms with Gasteiger partial charge < -0.3 is 9.84 Å². The maximum Gasteiger partial charge on any atom is 0.413 e. The zero-order valence-electron chi connectivity index (χ0n) is 9.57. The second-order valence-electron chi connectivity index (χ2n) is 3.27. The van der Waals surface area contributed by atoms with Crippen molar-refractivity contribution in [3.63, 3.8) is 0 Å². The minimum atomic E-state index is -1.08. The summed E-state index contributed by atoms with van der Waals surface area (Å²) >= 11 is 3.13. The molecule has 1 aromatic rings. The van der Waals surface area contributed by atoms with Crippen LogP contribution in [0.2, 0.25) is 0 Å². The summed E-state index contributed by atoms with van der Waals surface area (Å²) in [5.74, 6) is -0.881. The van der Waals surface area contributed by atoms with Gasteiger partial charge in [-0.1, -0.05) is 12.7 Å². The molecule has 0 aromatic carbocycles. The van der Waals surface area contributed by atoms with Crippen LogP contribution >= 0.6 is 15.9 Å². The molecule has 6 nitrogen and oxygen atoms in total. The zero-order chi connectivity index (χ0) is 13.7. The molecule has 96 valence electrons. The summed E-state index contributed by atoms with van der Waals surface area (Å²) < 4.78 is 5.08. The third-order valence-corrected chi connectivity index (χ3v) is 2.55. The molecule has 0 aliphatic rings. The van der Waals surface area contributed by atoms with Gasteiger partial charge >= 0.3 is 12.1 Å². The number of hydrogen-bond donors (Lipinski definition) is 2. The Kier molecular flexibility index (Phi) is 4.85. The second kappa shape index (κ2) is 6.15. The molecule has 0 bridgehead atoms. The molecule has 2 N–H and O–H groups in total. The van der Waals surface area contributed by atoms with E-state index in [4.69, 9.17) is 9.84 Å². The van der Waals surface area contributed by atoms with Gasteiger partial charge in [0.05, 0.1) is 15.7 Å². The average molecular weight is 315 g/mol. The lowest BCUT2D eigenvalue weighted by Crippen LogP contribution is -2.16. The van der Waals surface area contributed by atoms with Gasteiger partial charge in [-0.2, -0.15) is 0 Å². The van der Waals surface area contributed by atoms with Crippen LogP contribution in [0.3, 0.4) is 0 Å². The number of nitrogens with zero attached hydrogens (tertiary/aromatic N) is 1. The Morgan fingerprint density at radius 1 is 1.67 bits per heavy atom. The lowest BCUT2D eigenvalue weighted by Gasteiger charge is -2.09. The molecular weight excluding hydrogens is 304 g/mol. The SMILES string of the molecule is C=CCOC(=O)Nc1nc(C)c(C(=O)O)cc1Br. The van der Waals surface area contributed by atoms with Gasteiger partial charge in [0.15, 0.2) is 0 Å². The van der Waals surface area contributed by atoms with Crippen molar-refractivity contribution < 1.29 is 19.4 Å². The van der Waals surface area contributed by atoms with Gasteiger partial charge in [0.2, 0.25) is 0 Å². The number of carboxylic acid groups (broad SMARTS) is 1. The highest BCUT2D eigenvalue weighted by atomic mass is 79.9. The second-order valence-corrected chi connectivity index (χ2v) is 4.12. The molecule has 0 saturated heterocycles. The Bertz CT molecular complexity index is 502. The third-order valence-electron chi connectivity index (χ3n) is 1.95. The maximum absolute atomic E-state index is 11.3. The first-order valence-corrected chi connectivity index (χ1v) is 5.70. The van der Waals surface area contributed by atoms with Crippen molar-refractivity contribution in [1.29, 1.82) is 0 Å². The molecule has 0 saturated carbocycles. The van der Waals surface area contributed by atoms with Crippen molar-refractivity contribution in [3.8, 4) is 0 Å². The molecule has 18 heavy (non-hydrogen) atoms. The van der Waals surface area contributed by atoms with Crippen LogP contribution in [0.4, 0.5) is 10.6 Å². The number of rotatable bonds is 4. The number of anilines is 1. The van der Waals surface area contributed by atoms with Crippen LogP contribution in [0.15, 0.2) is 23.2 Å². The van der Waals surface area contributed by atoms with Gasteiger partial charge in [-0.3, -0.25) is 5.32 Å². The Morgan fingerprint density at radius 3 is 2.89 bits per heavy atom. The molecular formula is C11H11BrN2O4. The van der Waals surface area contributed by atoms with E-state index in [0.29, 0.717) is 10.2 Å². The number of amides is 1. The van der Waals surface area contributed by atoms with Gasteiger partial charge in [-0.25, -0.2) is 14.6 Å². The van der Waals surface area contributed by atoms with Crippen molar-refractivity contribution in [2.75, 3.05) is 11.9 Å². The van der Waals surface area contributed by atoms with E-state index in [9.17, 15) is 9.59 Å². The highest BCUT2D eigenvalue weighted by molar-refractivity contribution is 9.10. The first-order chi connectivity index (χ1) is 8.45. The first kappa shape index (κ1) is 14.2. The predicted molar refractivity (Wildman–Crippen MR) is 68.8 cm³/mol. The van der Waals surface area contributed by atoms with Gasteiger partial charge in [0, 0.05) is 0 Å². The van der Waals surface area contributed by atoms with Gasteiger partial charge in [-0.15, -0.1) is 0 Å². The lowest BCUT2D eigenvalue weighted by molar-refractivity contribution is 0.0695. The lowest BCUT2D eigenvalue weighted by atomic mass is 10.2. The standard InChI is InChI=1S/C11H11BrN2O4/c1-3-4-18-11(17)14-9-8(12)5-7(10(15)16)6(2)13-9/h3,5H,1,4H2,2H3,(H,15,16)(H,13,14,17). The van der Waals surface area contributed by atoms with E-state index in [1.807, 2.05) is 0 Å². The molecule has 0 spiro atoms. The highest BCUT2D eigenvalue weighted by Gasteiger charge is 2.14. The summed E-state index contributed by atoms with van der Waals surface area (Å²) in [5, 5.41) is 11.3. The van der Waals surface area contributed by atoms with E-state index in [1.54, 1.807) is 0 Å². The Hall–Kier alpha value is -1.89. The predicted octanol–water partition coefficient (Wildman–Crippen LogP) is 2.59. The minimum Gasteiger partial charge on any atom is -0.478 e. The number of carbonyl (C=O) groups is 2. The van der Waals surface area contributed by atoms with E-state index >= 15 is 0 Å². The smallest absolute Gasteiger partial charge is 0.413 e. The summed E-state index contributed by atoms with van der Waals surface area (Å²) in [4.78, 5) is 26.1. The monoisotopic (exact) mass is 314 g/mol. The van der Waals surface area contributed by atoms with Crippen molar-refractivity contribution in [2.24, 2.45) is 0 Å². The quantitative estimate of drug-likeness (QED) is 0.834. The van der Waals surface area contributed by atoms with E-state index in [1.165, 1.54) is 19.1 Å². The molecule has 0 atom stereocenters. The summed E-state index contributed by atoms with van der Waals surface area (Å²) in [7, 11) is 0. The van der Waals surface area contributed by atoms with Crippen LogP contribution in [0, 0.1) is 6.92 Å². The Balaban J connectivity index is 2.91. The number of ether oxygens (including phenoxy) is 1. The molecule has 0 fully saturated rings. The number of carboxylic acids is 1. The number of aromatic nitrogens is 1. The van der Waals surface area contributed by atoms with Gasteiger partial charge in [0.25, 0.3) is 0 Å². The fourth-order valence-corrected chi connectivity index (χ4v) is 1.57. The first-order valence-electron chi connectivity index (χ1n) is 4.90. The van der Waals surface area contributed by atoms with Crippen LogP contribution in [-0.4, -0.2) is 28.8 Å². The van der Waals surface area contributed by atoms with Crippen LogP contribution in [0.5, 0.6) is 0 Å². The minimum absolute atomic E-state index is 0.0619. The number of aromatic carboxylic acids is 1. The fraction of sp³-hybridized carbons (Fsp3) is 0.182. The van der Waals surface area contributed by atoms with Crippen molar-refractivity contribution in [1.82, 2.24) is 4.98 Å². The third kappa shape index (κ3) is 3.56. The Labute approximate surface area is 112 Å². The number of nitrogens with one attached hydrogen (secondary N) is 1. The number of halogens is 1. The van der Waals surface area contributed by atoms with E-state index in [2.05, 4.69) is 32.8 Å². The van der Waals surface area contributed by atoms with E-state index in [-0.39, 0.29) is 18.0 Å². The molecule has 1 rings (SSSR count). The van der Waals surface area contributed by atoms with Crippen LogP contribution < -0.4 is 5.32 Å². The molecule has 1 amide bonds. The van der Waals surface area contributed by atoms with Crippen LogP contribution in [0.25, 0.3) is 0 Å². The van der Waals surface area contributed by atoms with Gasteiger partial charge in [-0.05, 0) is 28.9 Å².